The Morgan fingerprint density at radius 1 is 1.19 bits per heavy atom. The second-order valence-electron chi connectivity index (χ2n) is 5.36. The van der Waals surface area contributed by atoms with Gasteiger partial charge in [-0.05, 0) is 24.9 Å². The average Bonchev–Trinajstić information content (AvgIpc) is 2.81. The Morgan fingerprint density at radius 2 is 1.95 bits per heavy atom. The minimum Gasteiger partial charge on any atom is -0.337 e. The van der Waals surface area contributed by atoms with Crippen molar-refractivity contribution in [2.24, 2.45) is 0 Å². The van der Waals surface area contributed by atoms with Crippen LogP contribution < -0.4 is 5.32 Å². The van der Waals surface area contributed by atoms with Crippen LogP contribution in [0.4, 0.5) is 0 Å². The second-order valence-corrected chi connectivity index (χ2v) is 5.36. The van der Waals surface area contributed by atoms with Gasteiger partial charge in [0.05, 0.1) is 0 Å². The summed E-state index contributed by atoms with van der Waals surface area (Å²) in [6, 6.07) is 9.98. The number of likely N-dealkylation sites (N-methyl/N-ethyl adjacent to an activating group) is 1. The Hall–Kier alpha value is -1.88. The highest BCUT2D eigenvalue weighted by Gasteiger charge is 2.25. The van der Waals surface area contributed by atoms with E-state index < -0.39 is 5.91 Å². The van der Waals surface area contributed by atoms with Crippen molar-refractivity contribution in [2.75, 3.05) is 39.8 Å². The van der Waals surface area contributed by atoms with Gasteiger partial charge in [-0.15, -0.1) is 0 Å². The molecule has 0 atom stereocenters. The minimum absolute atomic E-state index is 0.380. The Balaban J connectivity index is 1.84. The van der Waals surface area contributed by atoms with Crippen molar-refractivity contribution in [3.8, 4) is 0 Å². The fourth-order valence-corrected chi connectivity index (χ4v) is 2.39. The van der Waals surface area contributed by atoms with E-state index in [1.807, 2.05) is 30.3 Å². The van der Waals surface area contributed by atoms with E-state index in [9.17, 15) is 9.59 Å². The predicted octanol–water partition coefficient (Wildman–Crippen LogP) is 0.509. The molecule has 5 nitrogen and oxygen atoms in total. The summed E-state index contributed by atoms with van der Waals surface area (Å²) in [4.78, 5) is 27.6. The molecule has 1 fully saturated rings. The van der Waals surface area contributed by atoms with Gasteiger partial charge in [-0.25, -0.2) is 0 Å². The van der Waals surface area contributed by atoms with Gasteiger partial charge in [0, 0.05) is 33.2 Å². The summed E-state index contributed by atoms with van der Waals surface area (Å²) in [5, 5.41) is 3.23. The lowest BCUT2D eigenvalue weighted by molar-refractivity contribution is -0.150. The first kappa shape index (κ1) is 15.5. The summed E-state index contributed by atoms with van der Waals surface area (Å²) in [5.74, 6) is -0.790. The lowest BCUT2D eigenvalue weighted by Gasteiger charge is -2.23. The monoisotopic (exact) mass is 289 g/mol. The van der Waals surface area contributed by atoms with Crippen LogP contribution in [0.2, 0.25) is 0 Å². The van der Waals surface area contributed by atoms with Crippen LogP contribution in [-0.4, -0.2) is 61.4 Å². The number of hydrogen-bond acceptors (Lipinski definition) is 3. The van der Waals surface area contributed by atoms with Crippen LogP contribution in [0.3, 0.4) is 0 Å². The van der Waals surface area contributed by atoms with E-state index in [2.05, 4.69) is 5.32 Å². The third-order valence-electron chi connectivity index (χ3n) is 3.74. The number of nitrogens with one attached hydrogen (secondary N) is 1. The summed E-state index contributed by atoms with van der Waals surface area (Å²) in [7, 11) is 1.69. The summed E-state index contributed by atoms with van der Waals surface area (Å²) < 4.78 is 0. The molecule has 0 bridgehead atoms. The molecule has 0 aromatic heterocycles. The number of carbonyl (C=O) groups is 2. The molecule has 114 valence electrons. The molecule has 2 amide bonds. The lowest BCUT2D eigenvalue weighted by atomic mass is 10.1. The average molecular weight is 289 g/mol. The van der Waals surface area contributed by atoms with Gasteiger partial charge in [0.2, 0.25) is 0 Å². The molecule has 1 heterocycles. The molecular weight excluding hydrogens is 266 g/mol. The fraction of sp³-hybridized carbons (Fsp3) is 0.500. The third kappa shape index (κ3) is 4.56. The quantitative estimate of drug-likeness (QED) is 0.825. The molecule has 0 spiro atoms. The minimum atomic E-state index is -0.409. The zero-order valence-electron chi connectivity index (χ0n) is 12.5. The van der Waals surface area contributed by atoms with Crippen LogP contribution >= 0.6 is 0 Å². The standard InChI is InChI=1S/C16H23N3O2/c1-18(12-8-14-6-3-2-4-7-14)15(20)16(21)19-11-5-9-17-10-13-19/h2-4,6-7,17H,5,8-13H2,1H3. The van der Waals surface area contributed by atoms with E-state index in [-0.39, 0.29) is 5.91 Å². The molecule has 21 heavy (non-hydrogen) atoms. The van der Waals surface area contributed by atoms with Crippen molar-refractivity contribution in [3.05, 3.63) is 35.9 Å². The van der Waals surface area contributed by atoms with Gasteiger partial charge in [-0.3, -0.25) is 9.59 Å². The zero-order valence-corrected chi connectivity index (χ0v) is 12.5. The highest BCUT2D eigenvalue weighted by molar-refractivity contribution is 6.34. The van der Waals surface area contributed by atoms with Crippen molar-refractivity contribution in [2.45, 2.75) is 12.8 Å². The fourth-order valence-electron chi connectivity index (χ4n) is 2.39. The van der Waals surface area contributed by atoms with Crippen molar-refractivity contribution in [1.82, 2.24) is 15.1 Å². The molecule has 5 heteroatoms. The van der Waals surface area contributed by atoms with Crippen molar-refractivity contribution >= 4 is 11.8 Å². The van der Waals surface area contributed by atoms with Gasteiger partial charge >= 0.3 is 11.8 Å². The van der Waals surface area contributed by atoms with Crippen LogP contribution in [-0.2, 0) is 16.0 Å². The molecule has 0 aliphatic carbocycles. The second kappa shape index (κ2) is 7.78. The number of carbonyl (C=O) groups excluding carboxylic acids is 2. The number of amides is 2. The van der Waals surface area contributed by atoms with E-state index in [1.165, 1.54) is 10.5 Å². The maximum absolute atomic E-state index is 12.2. The summed E-state index contributed by atoms with van der Waals surface area (Å²) in [6.07, 6.45) is 1.66. The van der Waals surface area contributed by atoms with E-state index in [0.29, 0.717) is 19.6 Å². The van der Waals surface area contributed by atoms with Crippen LogP contribution in [0.5, 0.6) is 0 Å². The molecule has 1 N–H and O–H groups in total. The number of nitrogens with zero attached hydrogens (tertiary/aromatic N) is 2. The Kier molecular flexibility index (Phi) is 5.75. The molecule has 2 rings (SSSR count). The van der Waals surface area contributed by atoms with Gasteiger partial charge in [-0.1, -0.05) is 30.3 Å². The largest absolute Gasteiger partial charge is 0.337 e. The highest BCUT2D eigenvalue weighted by atomic mass is 16.2. The van der Waals surface area contributed by atoms with Gasteiger partial charge in [0.15, 0.2) is 0 Å². The smallest absolute Gasteiger partial charge is 0.312 e. The van der Waals surface area contributed by atoms with Gasteiger partial charge in [0.25, 0.3) is 0 Å². The number of hydrogen-bond donors (Lipinski definition) is 1. The summed E-state index contributed by atoms with van der Waals surface area (Å²) in [5.41, 5.74) is 1.17. The van der Waals surface area contributed by atoms with Crippen molar-refractivity contribution < 1.29 is 9.59 Å². The van der Waals surface area contributed by atoms with Crippen LogP contribution in [0.1, 0.15) is 12.0 Å². The van der Waals surface area contributed by atoms with E-state index in [1.54, 1.807) is 11.9 Å². The van der Waals surface area contributed by atoms with E-state index in [0.717, 1.165) is 25.9 Å². The van der Waals surface area contributed by atoms with Crippen LogP contribution in [0, 0.1) is 0 Å². The molecule has 0 radical (unpaired) electrons. The SMILES string of the molecule is CN(CCc1ccccc1)C(=O)C(=O)N1CCCNCC1. The maximum atomic E-state index is 12.2. The first-order valence-corrected chi connectivity index (χ1v) is 7.47. The number of benzene rings is 1. The molecule has 0 saturated carbocycles. The molecule has 1 saturated heterocycles. The number of rotatable bonds is 3. The zero-order chi connectivity index (χ0) is 15.1. The summed E-state index contributed by atoms with van der Waals surface area (Å²) >= 11 is 0. The first-order valence-electron chi connectivity index (χ1n) is 7.47. The Morgan fingerprint density at radius 3 is 2.71 bits per heavy atom. The van der Waals surface area contributed by atoms with Crippen LogP contribution in [0.15, 0.2) is 30.3 Å². The lowest BCUT2D eigenvalue weighted by Crippen LogP contribution is -2.45. The topological polar surface area (TPSA) is 52.7 Å². The van der Waals surface area contributed by atoms with Crippen LogP contribution in [0.25, 0.3) is 0 Å². The van der Waals surface area contributed by atoms with Crippen molar-refractivity contribution in [3.63, 3.8) is 0 Å². The van der Waals surface area contributed by atoms with Crippen molar-refractivity contribution in [1.29, 1.82) is 0 Å². The molecule has 1 aromatic rings. The molecule has 1 aromatic carbocycles. The molecular formula is C16H23N3O2. The van der Waals surface area contributed by atoms with E-state index in [4.69, 9.17) is 0 Å². The molecule has 1 aliphatic heterocycles. The van der Waals surface area contributed by atoms with Gasteiger partial charge in [-0.2, -0.15) is 0 Å². The van der Waals surface area contributed by atoms with Gasteiger partial charge in [0.1, 0.15) is 0 Å². The Labute approximate surface area is 125 Å². The predicted molar refractivity (Wildman–Crippen MR) is 81.8 cm³/mol. The maximum Gasteiger partial charge on any atom is 0.312 e. The Bertz CT molecular complexity index is 468. The first-order chi connectivity index (χ1) is 10.2. The molecule has 1 aliphatic rings. The highest BCUT2D eigenvalue weighted by Crippen LogP contribution is 2.03. The molecule has 0 unspecified atom stereocenters. The van der Waals surface area contributed by atoms with E-state index >= 15 is 0 Å². The third-order valence-corrected chi connectivity index (χ3v) is 3.74. The normalized spacial score (nSPS) is 15.4. The summed E-state index contributed by atoms with van der Waals surface area (Å²) in [6.45, 7) is 3.48. The van der Waals surface area contributed by atoms with Gasteiger partial charge < -0.3 is 15.1 Å².